The first kappa shape index (κ1) is 10.7. The summed E-state index contributed by atoms with van der Waals surface area (Å²) in [6.07, 6.45) is 8.05. The van der Waals surface area contributed by atoms with Crippen molar-refractivity contribution in [1.29, 1.82) is 0 Å². The molecule has 0 heterocycles. The molecule has 76 valence electrons. The molecule has 0 aromatic rings. The maximum atomic E-state index is 11.3. The predicted molar refractivity (Wildman–Crippen MR) is 54.7 cm³/mol. The molecule has 0 spiro atoms. The first-order valence-electron chi connectivity index (χ1n) is 4.50. The average Bonchev–Trinajstić information content (AvgIpc) is 2.07. The summed E-state index contributed by atoms with van der Waals surface area (Å²) in [5.41, 5.74) is 0.0902. The molecule has 1 N–H and O–H groups in total. The van der Waals surface area contributed by atoms with Crippen LogP contribution in [0, 0.1) is 0 Å². The Morgan fingerprint density at radius 3 is 2.36 bits per heavy atom. The van der Waals surface area contributed by atoms with Gasteiger partial charge in [-0.05, 0) is 32.9 Å². The third kappa shape index (κ3) is 2.57. The quantitative estimate of drug-likeness (QED) is 0.512. The van der Waals surface area contributed by atoms with E-state index in [-0.39, 0.29) is 5.78 Å². The van der Waals surface area contributed by atoms with E-state index in [9.17, 15) is 10.0 Å². The summed E-state index contributed by atoms with van der Waals surface area (Å²) in [6, 6.07) is 0. The van der Waals surface area contributed by atoms with E-state index in [1.165, 1.54) is 12.3 Å². The zero-order chi connectivity index (χ0) is 10.8. The fraction of sp³-hybridized carbons (Fsp3) is 0.364. The Bertz CT molecular complexity index is 319. The van der Waals surface area contributed by atoms with Gasteiger partial charge in [-0.15, -0.1) is 0 Å². The van der Waals surface area contributed by atoms with Crippen LogP contribution in [-0.4, -0.2) is 21.6 Å². The third-order valence-corrected chi connectivity index (χ3v) is 1.87. The highest BCUT2D eigenvalue weighted by Crippen LogP contribution is 2.14. The van der Waals surface area contributed by atoms with Gasteiger partial charge in [-0.3, -0.25) is 15.1 Å². The topological polar surface area (TPSA) is 40.5 Å². The number of carbonyl (C=O) groups is 1. The molecule has 0 atom stereocenters. The van der Waals surface area contributed by atoms with Gasteiger partial charge < -0.3 is 0 Å². The number of ketones is 1. The number of hydrogen-bond acceptors (Lipinski definition) is 3. The molecule has 0 aromatic heterocycles. The van der Waals surface area contributed by atoms with Crippen LogP contribution < -0.4 is 0 Å². The number of allylic oxidation sites excluding steroid dienone is 5. The van der Waals surface area contributed by atoms with Crippen molar-refractivity contribution >= 4 is 5.78 Å². The lowest BCUT2D eigenvalue weighted by Gasteiger charge is -2.28. The summed E-state index contributed by atoms with van der Waals surface area (Å²) in [5.74, 6) is -0.0872. The fourth-order valence-electron chi connectivity index (χ4n) is 0.913. The van der Waals surface area contributed by atoms with E-state index < -0.39 is 5.54 Å². The molecule has 0 unspecified atom stereocenters. The zero-order valence-corrected chi connectivity index (χ0v) is 8.69. The molecule has 1 aliphatic rings. The Morgan fingerprint density at radius 1 is 1.29 bits per heavy atom. The Kier molecular flexibility index (Phi) is 2.91. The molecular weight excluding hydrogens is 178 g/mol. The first-order chi connectivity index (χ1) is 6.41. The Morgan fingerprint density at radius 2 is 1.86 bits per heavy atom. The van der Waals surface area contributed by atoms with E-state index in [1.807, 2.05) is 20.8 Å². The summed E-state index contributed by atoms with van der Waals surface area (Å²) < 4.78 is 0. The molecule has 0 aliphatic heterocycles. The molecule has 3 nitrogen and oxygen atoms in total. The van der Waals surface area contributed by atoms with E-state index in [0.717, 1.165) is 5.06 Å². The van der Waals surface area contributed by atoms with Crippen molar-refractivity contribution in [2.24, 2.45) is 0 Å². The van der Waals surface area contributed by atoms with Gasteiger partial charge in [0.1, 0.15) is 0 Å². The molecular formula is C11H15NO2. The summed E-state index contributed by atoms with van der Waals surface area (Å²) in [7, 11) is 0. The molecule has 3 heteroatoms. The van der Waals surface area contributed by atoms with Gasteiger partial charge in [0.05, 0.1) is 5.54 Å². The van der Waals surface area contributed by atoms with Crippen molar-refractivity contribution in [2.75, 3.05) is 0 Å². The molecule has 0 aromatic carbocycles. The molecule has 0 radical (unpaired) electrons. The Hall–Kier alpha value is -1.35. The van der Waals surface area contributed by atoms with E-state index >= 15 is 0 Å². The van der Waals surface area contributed by atoms with Crippen LogP contribution in [0.25, 0.3) is 0 Å². The second kappa shape index (κ2) is 3.80. The summed E-state index contributed by atoms with van der Waals surface area (Å²) in [4.78, 5) is 11.3. The van der Waals surface area contributed by atoms with Crippen LogP contribution in [0.3, 0.4) is 0 Å². The molecule has 14 heavy (non-hydrogen) atoms. The van der Waals surface area contributed by atoms with Crippen molar-refractivity contribution in [3.63, 3.8) is 0 Å². The molecule has 0 amide bonds. The lowest BCUT2D eigenvalue weighted by atomic mass is 10.1. The second-order valence-corrected chi connectivity index (χ2v) is 4.18. The minimum atomic E-state index is -0.401. The highest BCUT2D eigenvalue weighted by Gasteiger charge is 2.17. The molecule has 1 aliphatic carbocycles. The lowest BCUT2D eigenvalue weighted by Crippen LogP contribution is -2.34. The normalized spacial score (nSPS) is 19.1. The average molecular weight is 193 g/mol. The monoisotopic (exact) mass is 193 g/mol. The Balaban J connectivity index is 2.84. The largest absolute Gasteiger partial charge is 0.289 e. The molecule has 0 saturated heterocycles. The van der Waals surface area contributed by atoms with Gasteiger partial charge in [0.25, 0.3) is 0 Å². The lowest BCUT2D eigenvalue weighted by molar-refractivity contribution is -0.116. The summed E-state index contributed by atoms with van der Waals surface area (Å²) >= 11 is 0. The number of hydroxylamine groups is 2. The van der Waals surface area contributed by atoms with Crippen LogP contribution in [0.15, 0.2) is 36.1 Å². The van der Waals surface area contributed by atoms with Crippen molar-refractivity contribution in [2.45, 2.75) is 26.3 Å². The maximum Gasteiger partial charge on any atom is 0.187 e. The van der Waals surface area contributed by atoms with Crippen molar-refractivity contribution < 1.29 is 10.0 Å². The smallest absolute Gasteiger partial charge is 0.187 e. The number of carbonyl (C=O) groups excluding carboxylic acids is 1. The highest BCUT2D eigenvalue weighted by atomic mass is 16.5. The van der Waals surface area contributed by atoms with E-state index in [4.69, 9.17) is 0 Å². The molecule has 0 saturated carbocycles. The van der Waals surface area contributed by atoms with Crippen molar-refractivity contribution in [3.8, 4) is 0 Å². The fourth-order valence-corrected chi connectivity index (χ4v) is 0.913. The number of nitrogens with zero attached hydrogens (tertiary/aromatic N) is 1. The van der Waals surface area contributed by atoms with Gasteiger partial charge >= 0.3 is 0 Å². The van der Waals surface area contributed by atoms with Crippen LogP contribution in [0.5, 0.6) is 0 Å². The van der Waals surface area contributed by atoms with Crippen molar-refractivity contribution in [1.82, 2.24) is 5.06 Å². The van der Waals surface area contributed by atoms with E-state index in [1.54, 1.807) is 18.2 Å². The first-order valence-corrected chi connectivity index (χ1v) is 4.50. The Labute approximate surface area is 84.0 Å². The maximum absolute atomic E-state index is 11.3. The van der Waals surface area contributed by atoms with Gasteiger partial charge in [-0.25, -0.2) is 0 Å². The van der Waals surface area contributed by atoms with Crippen molar-refractivity contribution in [3.05, 3.63) is 36.1 Å². The van der Waals surface area contributed by atoms with Gasteiger partial charge in [-0.1, -0.05) is 12.2 Å². The van der Waals surface area contributed by atoms with E-state index in [0.29, 0.717) is 5.57 Å². The highest BCUT2D eigenvalue weighted by molar-refractivity contribution is 6.07. The second-order valence-electron chi connectivity index (χ2n) is 4.18. The SMILES string of the molecule is CC(C)(C)N(O)/C=C1/C=CC=CC1=O. The number of hydrogen-bond donors (Lipinski definition) is 1. The van der Waals surface area contributed by atoms with Gasteiger partial charge in [0.2, 0.25) is 0 Å². The summed E-state index contributed by atoms with van der Waals surface area (Å²) in [6.45, 7) is 5.57. The predicted octanol–water partition coefficient (Wildman–Crippen LogP) is 2.06. The van der Waals surface area contributed by atoms with Gasteiger partial charge in [-0.2, -0.15) is 0 Å². The molecule has 0 bridgehead atoms. The van der Waals surface area contributed by atoms with Crippen LogP contribution in [0.2, 0.25) is 0 Å². The third-order valence-electron chi connectivity index (χ3n) is 1.87. The number of rotatable bonds is 1. The molecule has 0 fully saturated rings. The van der Waals surface area contributed by atoms with Crippen LogP contribution in [-0.2, 0) is 4.79 Å². The van der Waals surface area contributed by atoms with Crippen LogP contribution >= 0.6 is 0 Å². The minimum absolute atomic E-state index is 0.0872. The van der Waals surface area contributed by atoms with Gasteiger partial charge in [0, 0.05) is 11.8 Å². The summed E-state index contributed by atoms with van der Waals surface area (Å²) in [5, 5.41) is 10.6. The van der Waals surface area contributed by atoms with Crippen LogP contribution in [0.1, 0.15) is 20.8 Å². The standard InChI is InChI=1S/C11H15NO2/c1-11(2,3)12(14)8-9-6-4-5-7-10(9)13/h4-8,14H,1-3H3/b9-8-. The van der Waals surface area contributed by atoms with Gasteiger partial charge in [0.15, 0.2) is 5.78 Å². The molecule has 1 rings (SSSR count). The minimum Gasteiger partial charge on any atom is -0.289 e. The zero-order valence-electron chi connectivity index (χ0n) is 8.69. The van der Waals surface area contributed by atoms with E-state index in [2.05, 4.69) is 0 Å². The van der Waals surface area contributed by atoms with Crippen LogP contribution in [0.4, 0.5) is 0 Å².